The molecule has 2 aromatic rings. The summed E-state index contributed by atoms with van der Waals surface area (Å²) in [5, 5.41) is 11.8. The Labute approximate surface area is 167 Å². The Hall–Kier alpha value is -2.06. The third kappa shape index (κ3) is 4.50. The molecule has 0 radical (unpaired) electrons. The molecular weight excluding hydrogens is 386 g/mol. The smallest absolute Gasteiger partial charge is 0.222 e. The molecule has 8 heteroatoms. The summed E-state index contributed by atoms with van der Waals surface area (Å²) >= 11 is 1.36. The summed E-state index contributed by atoms with van der Waals surface area (Å²) in [5.74, 6) is -1.55. The second-order valence-corrected chi connectivity index (χ2v) is 8.10. The third-order valence-corrected chi connectivity index (χ3v) is 6.34. The summed E-state index contributed by atoms with van der Waals surface area (Å²) in [7, 11) is 0. The number of rotatable bonds is 5. The van der Waals surface area contributed by atoms with Crippen LogP contribution in [0.2, 0.25) is 0 Å². The van der Waals surface area contributed by atoms with Crippen LogP contribution in [0.5, 0.6) is 5.75 Å². The minimum Gasteiger partial charge on any atom is -0.488 e. The summed E-state index contributed by atoms with van der Waals surface area (Å²) in [6.07, 6.45) is 2.15. The van der Waals surface area contributed by atoms with Gasteiger partial charge in [0, 0.05) is 32.0 Å². The van der Waals surface area contributed by atoms with E-state index in [0.717, 1.165) is 22.7 Å². The third-order valence-electron chi connectivity index (χ3n) is 5.02. The molecule has 1 aromatic heterocycles. The van der Waals surface area contributed by atoms with Gasteiger partial charge in [-0.25, -0.2) is 13.8 Å². The zero-order valence-corrected chi connectivity index (χ0v) is 16.8. The van der Waals surface area contributed by atoms with Gasteiger partial charge in [-0.05, 0) is 31.9 Å². The van der Waals surface area contributed by atoms with E-state index in [1.54, 1.807) is 4.90 Å². The highest BCUT2D eigenvalue weighted by Gasteiger charge is 2.36. The topological polar surface area (TPSA) is 62.7 Å². The summed E-state index contributed by atoms with van der Waals surface area (Å²) in [5.41, 5.74) is -0.333. The van der Waals surface area contributed by atoms with E-state index in [1.807, 2.05) is 13.8 Å². The van der Waals surface area contributed by atoms with E-state index in [4.69, 9.17) is 4.74 Å². The van der Waals surface area contributed by atoms with Crippen LogP contribution in [0.1, 0.15) is 48.2 Å². The number of amides is 1. The molecule has 2 heterocycles. The van der Waals surface area contributed by atoms with E-state index >= 15 is 0 Å². The van der Waals surface area contributed by atoms with Crippen LogP contribution < -0.4 is 4.74 Å². The maximum atomic E-state index is 13.3. The first kappa shape index (κ1) is 20.7. The maximum Gasteiger partial charge on any atom is 0.222 e. The van der Waals surface area contributed by atoms with E-state index in [1.165, 1.54) is 17.4 Å². The van der Waals surface area contributed by atoms with Crippen molar-refractivity contribution in [3.05, 3.63) is 45.4 Å². The molecule has 0 aliphatic carbocycles. The monoisotopic (exact) mass is 410 g/mol. The van der Waals surface area contributed by atoms with Crippen molar-refractivity contribution >= 4 is 17.2 Å². The van der Waals surface area contributed by atoms with Gasteiger partial charge in [0.1, 0.15) is 23.0 Å². The van der Waals surface area contributed by atoms with Gasteiger partial charge in [-0.15, -0.1) is 11.3 Å². The number of hydrogen-bond donors (Lipinski definition) is 1. The van der Waals surface area contributed by atoms with Crippen LogP contribution in [0, 0.1) is 18.6 Å². The zero-order chi connectivity index (χ0) is 20.3. The highest BCUT2D eigenvalue weighted by atomic mass is 32.1. The zero-order valence-electron chi connectivity index (χ0n) is 16.0. The van der Waals surface area contributed by atoms with E-state index in [2.05, 4.69) is 4.98 Å². The highest BCUT2D eigenvalue weighted by Crippen LogP contribution is 2.37. The lowest BCUT2D eigenvalue weighted by Crippen LogP contribution is -2.33. The number of carbonyl (C=O) groups is 1. The van der Waals surface area contributed by atoms with Crippen molar-refractivity contribution in [1.29, 1.82) is 0 Å². The predicted octanol–water partition coefficient (Wildman–Crippen LogP) is 3.92. The molecule has 0 spiro atoms. The molecule has 1 N–H and O–H groups in total. The molecule has 5 nitrogen and oxygen atoms in total. The van der Waals surface area contributed by atoms with Crippen molar-refractivity contribution in [1.82, 2.24) is 9.88 Å². The van der Waals surface area contributed by atoms with Crippen molar-refractivity contribution in [2.45, 2.75) is 51.7 Å². The molecule has 1 aliphatic heterocycles. The first-order valence-corrected chi connectivity index (χ1v) is 10.2. The number of ether oxygens (including phenoxy) is 1. The summed E-state index contributed by atoms with van der Waals surface area (Å²) < 4.78 is 31.9. The Morgan fingerprint density at radius 1 is 1.32 bits per heavy atom. The normalized spacial score (nSPS) is 20.1. The minimum atomic E-state index is -1.07. The molecule has 1 atom stereocenters. The second-order valence-electron chi connectivity index (χ2n) is 7.01. The Bertz CT molecular complexity index is 858. The van der Waals surface area contributed by atoms with Crippen LogP contribution in [0.25, 0.3) is 0 Å². The van der Waals surface area contributed by atoms with Gasteiger partial charge in [0.05, 0.1) is 10.6 Å². The number of nitrogens with zero attached hydrogens (tertiary/aromatic N) is 2. The van der Waals surface area contributed by atoms with Crippen LogP contribution in [-0.2, 0) is 17.0 Å². The fourth-order valence-electron chi connectivity index (χ4n) is 3.28. The number of hydrogen-bond acceptors (Lipinski definition) is 5. The molecule has 0 saturated carbocycles. The number of thiazole rings is 1. The van der Waals surface area contributed by atoms with Gasteiger partial charge in [0.25, 0.3) is 0 Å². The number of aromatic nitrogens is 1. The van der Waals surface area contributed by atoms with Gasteiger partial charge in [0.2, 0.25) is 5.91 Å². The summed E-state index contributed by atoms with van der Waals surface area (Å²) in [4.78, 5) is 19.1. The Balaban J connectivity index is 1.70. The maximum absolute atomic E-state index is 13.3. The fourth-order valence-corrected chi connectivity index (χ4v) is 4.40. The molecule has 1 aromatic carbocycles. The molecule has 1 unspecified atom stereocenters. The van der Waals surface area contributed by atoms with Gasteiger partial charge in [-0.1, -0.05) is 6.92 Å². The van der Waals surface area contributed by atoms with Crippen LogP contribution in [-0.4, -0.2) is 34.0 Å². The number of aliphatic hydroxyl groups is 1. The van der Waals surface area contributed by atoms with Crippen LogP contribution >= 0.6 is 11.3 Å². The predicted molar refractivity (Wildman–Crippen MR) is 102 cm³/mol. The number of likely N-dealkylation sites (tertiary alicyclic amines) is 1. The van der Waals surface area contributed by atoms with Crippen LogP contribution in [0.3, 0.4) is 0 Å². The number of carbonyl (C=O) groups excluding carboxylic acids is 1. The van der Waals surface area contributed by atoms with E-state index in [-0.39, 0.29) is 18.3 Å². The quantitative estimate of drug-likeness (QED) is 0.812. The van der Waals surface area contributed by atoms with Crippen LogP contribution in [0.15, 0.2) is 18.2 Å². The Morgan fingerprint density at radius 3 is 2.82 bits per heavy atom. The number of halogens is 2. The van der Waals surface area contributed by atoms with Crippen molar-refractivity contribution in [2.24, 2.45) is 0 Å². The molecular formula is C20H24F2N2O3S. The van der Waals surface area contributed by atoms with Crippen molar-refractivity contribution in [2.75, 3.05) is 13.1 Å². The molecule has 0 bridgehead atoms. The minimum absolute atomic E-state index is 0.0974. The van der Waals surface area contributed by atoms with Crippen LogP contribution in [0.4, 0.5) is 8.78 Å². The van der Waals surface area contributed by atoms with Gasteiger partial charge >= 0.3 is 0 Å². The van der Waals surface area contributed by atoms with Gasteiger partial charge < -0.3 is 14.7 Å². The molecule has 1 fully saturated rings. The van der Waals surface area contributed by atoms with E-state index in [0.29, 0.717) is 43.8 Å². The Morgan fingerprint density at radius 2 is 2.11 bits per heavy atom. The van der Waals surface area contributed by atoms with E-state index in [9.17, 15) is 18.7 Å². The number of aryl methyl sites for hydroxylation is 1. The molecule has 28 heavy (non-hydrogen) atoms. The van der Waals surface area contributed by atoms with Gasteiger partial charge in [-0.3, -0.25) is 4.79 Å². The number of benzene rings is 1. The summed E-state index contributed by atoms with van der Waals surface area (Å²) in [6, 6.07) is 3.39. The molecule has 1 saturated heterocycles. The van der Waals surface area contributed by atoms with Crippen molar-refractivity contribution < 1.29 is 23.4 Å². The Kier molecular flexibility index (Phi) is 6.30. The SMILES string of the molecule is CCC(=O)N1CCCC(O)(c2nc(C)c(COc3ccc(F)c(F)c3)s2)CC1. The highest BCUT2D eigenvalue weighted by molar-refractivity contribution is 7.11. The molecule has 3 rings (SSSR count). The summed E-state index contributed by atoms with van der Waals surface area (Å²) in [6.45, 7) is 4.97. The van der Waals surface area contributed by atoms with Crippen molar-refractivity contribution in [3.8, 4) is 5.75 Å². The molecule has 1 amide bonds. The largest absolute Gasteiger partial charge is 0.488 e. The first-order valence-electron chi connectivity index (χ1n) is 9.37. The molecule has 1 aliphatic rings. The lowest BCUT2D eigenvalue weighted by Gasteiger charge is -2.24. The van der Waals surface area contributed by atoms with E-state index < -0.39 is 17.2 Å². The first-order chi connectivity index (χ1) is 13.3. The lowest BCUT2D eigenvalue weighted by atomic mass is 9.96. The molecule has 152 valence electrons. The van der Waals surface area contributed by atoms with Gasteiger partial charge in [0.15, 0.2) is 11.6 Å². The second kappa shape index (κ2) is 8.53. The van der Waals surface area contributed by atoms with Gasteiger partial charge in [-0.2, -0.15) is 0 Å². The lowest BCUT2D eigenvalue weighted by molar-refractivity contribution is -0.131. The fraction of sp³-hybridized carbons (Fsp3) is 0.500. The standard InChI is InChI=1S/C20H24F2N2O3S/c1-3-18(25)24-9-4-7-20(26,8-10-24)19-23-13(2)17(28-19)12-27-14-5-6-15(21)16(22)11-14/h5-6,11,26H,3-4,7-10,12H2,1-2H3. The van der Waals surface area contributed by atoms with Crippen molar-refractivity contribution in [3.63, 3.8) is 0 Å². The average Bonchev–Trinajstić information content (AvgIpc) is 2.93. The average molecular weight is 410 g/mol.